The summed E-state index contributed by atoms with van der Waals surface area (Å²) in [7, 11) is 0. The number of carbonyl (C=O) groups excluding carboxylic acids is 2. The lowest BCUT2D eigenvalue weighted by Gasteiger charge is -2.13. The lowest BCUT2D eigenvalue weighted by Crippen LogP contribution is -2.30. The molecule has 0 spiro atoms. The van der Waals surface area contributed by atoms with Gasteiger partial charge in [0.25, 0.3) is 0 Å². The summed E-state index contributed by atoms with van der Waals surface area (Å²) in [5, 5.41) is 9.01. The zero-order chi connectivity index (χ0) is 23.1. The van der Waals surface area contributed by atoms with Crippen LogP contribution in [0.2, 0.25) is 0 Å². The molecule has 0 bridgehead atoms. The van der Waals surface area contributed by atoms with Crippen LogP contribution in [0.3, 0.4) is 0 Å². The Balaban J connectivity index is 1.64. The van der Waals surface area contributed by atoms with Gasteiger partial charge in [0.05, 0.1) is 24.8 Å². The van der Waals surface area contributed by atoms with Gasteiger partial charge in [-0.1, -0.05) is 0 Å². The van der Waals surface area contributed by atoms with Gasteiger partial charge in [-0.3, -0.25) is 0 Å². The first-order chi connectivity index (χ1) is 15.3. The fourth-order valence-electron chi connectivity index (χ4n) is 2.92. The van der Waals surface area contributed by atoms with E-state index in [0.717, 1.165) is 6.20 Å². The van der Waals surface area contributed by atoms with Gasteiger partial charge in [0, 0.05) is 31.2 Å². The third-order valence-corrected chi connectivity index (χ3v) is 4.34. The summed E-state index contributed by atoms with van der Waals surface area (Å²) in [6.45, 7) is 2.57. The van der Waals surface area contributed by atoms with Crippen molar-refractivity contribution in [3.8, 4) is 5.69 Å². The zero-order valence-electron chi connectivity index (χ0n) is 17.1. The molecule has 0 aliphatic rings. The number of amides is 2. The van der Waals surface area contributed by atoms with Gasteiger partial charge in [-0.2, -0.15) is 18.3 Å². The van der Waals surface area contributed by atoms with Crippen LogP contribution in [-0.2, 0) is 17.5 Å². The summed E-state index contributed by atoms with van der Waals surface area (Å²) in [5.41, 5.74) is -1.45. The largest absolute Gasteiger partial charge is 0.462 e. The first-order valence-corrected chi connectivity index (χ1v) is 9.73. The summed E-state index contributed by atoms with van der Waals surface area (Å²) in [5.74, 6) is -1.10. The Labute approximate surface area is 181 Å². The van der Waals surface area contributed by atoms with E-state index in [0.29, 0.717) is 29.9 Å². The third kappa shape index (κ3) is 5.65. The minimum atomic E-state index is -4.83. The van der Waals surface area contributed by atoms with E-state index in [9.17, 15) is 22.8 Å². The molecule has 2 amide bonds. The number of anilines is 1. The molecule has 1 aromatic carbocycles. The van der Waals surface area contributed by atoms with Crippen molar-refractivity contribution in [3.05, 3.63) is 60.4 Å². The fourth-order valence-corrected chi connectivity index (χ4v) is 2.92. The van der Waals surface area contributed by atoms with Crippen molar-refractivity contribution in [1.82, 2.24) is 24.6 Å². The van der Waals surface area contributed by atoms with Gasteiger partial charge in [-0.25, -0.2) is 19.3 Å². The summed E-state index contributed by atoms with van der Waals surface area (Å²) < 4.78 is 47.9. The van der Waals surface area contributed by atoms with Gasteiger partial charge in [0.1, 0.15) is 5.56 Å². The van der Waals surface area contributed by atoms with Crippen molar-refractivity contribution in [1.29, 1.82) is 0 Å². The van der Waals surface area contributed by atoms with Gasteiger partial charge in [0.15, 0.2) is 5.69 Å². The van der Waals surface area contributed by atoms with Crippen molar-refractivity contribution in [2.45, 2.75) is 26.1 Å². The van der Waals surface area contributed by atoms with E-state index in [2.05, 4.69) is 25.5 Å². The number of ether oxygens (including phenoxy) is 1. The van der Waals surface area contributed by atoms with Gasteiger partial charge in [-0.15, -0.1) is 0 Å². The zero-order valence-corrected chi connectivity index (χ0v) is 17.1. The first-order valence-electron chi connectivity index (χ1n) is 9.73. The molecule has 0 aliphatic heterocycles. The Bertz CT molecular complexity index is 1050. The number of halogens is 3. The van der Waals surface area contributed by atoms with Crippen molar-refractivity contribution in [2.24, 2.45) is 0 Å². The summed E-state index contributed by atoms with van der Waals surface area (Å²) >= 11 is 0. The lowest BCUT2D eigenvalue weighted by atomic mass is 10.2. The first kappa shape index (κ1) is 22.8. The normalized spacial score (nSPS) is 11.2. The highest BCUT2D eigenvalue weighted by Crippen LogP contribution is 2.34. The van der Waals surface area contributed by atoms with Crippen molar-refractivity contribution in [3.63, 3.8) is 0 Å². The minimum absolute atomic E-state index is 0.0622. The number of urea groups is 1. The quantitative estimate of drug-likeness (QED) is 0.404. The standard InChI is InChI=1S/C20H21F3N6O3/c1-2-32-18(30)16-12-26-29(17(16)20(21,22)23)15-6-4-14(5-7-15)27-19(31)25-8-3-10-28-11-9-24-13-28/h4-7,9,11-13H,2-3,8,10H2,1H3,(H2,25,27,31). The maximum Gasteiger partial charge on any atom is 0.434 e. The number of hydrogen-bond acceptors (Lipinski definition) is 5. The van der Waals surface area contributed by atoms with E-state index >= 15 is 0 Å². The highest BCUT2D eigenvalue weighted by Gasteiger charge is 2.41. The van der Waals surface area contributed by atoms with Crippen LogP contribution in [0.1, 0.15) is 29.4 Å². The highest BCUT2D eigenvalue weighted by atomic mass is 19.4. The molecular weight excluding hydrogens is 429 g/mol. The molecular formula is C20H21F3N6O3. The van der Waals surface area contributed by atoms with E-state index < -0.39 is 29.4 Å². The number of imidazole rings is 1. The van der Waals surface area contributed by atoms with Crippen LogP contribution in [0.25, 0.3) is 5.69 Å². The number of benzene rings is 1. The summed E-state index contributed by atoms with van der Waals surface area (Å²) in [4.78, 5) is 27.8. The van der Waals surface area contributed by atoms with Crippen LogP contribution >= 0.6 is 0 Å². The lowest BCUT2D eigenvalue weighted by molar-refractivity contribution is -0.143. The fraction of sp³-hybridized carbons (Fsp3) is 0.300. The molecule has 2 heterocycles. The smallest absolute Gasteiger partial charge is 0.434 e. The van der Waals surface area contributed by atoms with E-state index in [1.165, 1.54) is 31.2 Å². The molecule has 0 saturated heterocycles. The number of rotatable bonds is 8. The number of carbonyl (C=O) groups is 2. The Morgan fingerprint density at radius 2 is 1.94 bits per heavy atom. The molecule has 0 fully saturated rings. The molecule has 9 nitrogen and oxygen atoms in total. The molecule has 12 heteroatoms. The SMILES string of the molecule is CCOC(=O)c1cnn(-c2ccc(NC(=O)NCCCn3ccnc3)cc2)c1C(F)(F)F. The maximum atomic E-state index is 13.6. The number of nitrogens with zero attached hydrogens (tertiary/aromatic N) is 4. The number of hydrogen-bond donors (Lipinski definition) is 2. The maximum absolute atomic E-state index is 13.6. The predicted octanol–water partition coefficient (Wildman–Crippen LogP) is 3.48. The number of aryl methyl sites for hydroxylation is 1. The summed E-state index contributed by atoms with van der Waals surface area (Å²) in [6.07, 6.45) is 1.87. The molecule has 0 radical (unpaired) electrons. The minimum Gasteiger partial charge on any atom is -0.462 e. The molecule has 2 N–H and O–H groups in total. The van der Waals surface area contributed by atoms with E-state index in [1.54, 1.807) is 12.5 Å². The second-order valence-corrected chi connectivity index (χ2v) is 6.62. The average Bonchev–Trinajstić information content (AvgIpc) is 3.42. The molecule has 3 rings (SSSR count). The van der Waals surface area contributed by atoms with Crippen LogP contribution in [0.15, 0.2) is 49.2 Å². The number of aromatic nitrogens is 4. The van der Waals surface area contributed by atoms with Gasteiger partial charge < -0.3 is 19.9 Å². The Hall–Kier alpha value is -3.83. The molecule has 170 valence electrons. The Morgan fingerprint density at radius 1 is 1.19 bits per heavy atom. The van der Waals surface area contributed by atoms with Crippen LogP contribution in [-0.4, -0.2) is 44.5 Å². The van der Waals surface area contributed by atoms with E-state index in [4.69, 9.17) is 0 Å². The van der Waals surface area contributed by atoms with Crippen LogP contribution in [0.4, 0.5) is 23.7 Å². The second-order valence-electron chi connectivity index (χ2n) is 6.62. The molecule has 32 heavy (non-hydrogen) atoms. The predicted molar refractivity (Wildman–Crippen MR) is 108 cm³/mol. The monoisotopic (exact) mass is 450 g/mol. The molecule has 0 aliphatic carbocycles. The topological polar surface area (TPSA) is 103 Å². The van der Waals surface area contributed by atoms with Crippen LogP contribution in [0.5, 0.6) is 0 Å². The molecule has 0 saturated carbocycles. The third-order valence-electron chi connectivity index (χ3n) is 4.34. The van der Waals surface area contributed by atoms with E-state index in [1.807, 2.05) is 10.8 Å². The Morgan fingerprint density at radius 3 is 2.56 bits per heavy atom. The number of alkyl halides is 3. The van der Waals surface area contributed by atoms with Gasteiger partial charge in [0.2, 0.25) is 0 Å². The number of esters is 1. The highest BCUT2D eigenvalue weighted by molar-refractivity contribution is 5.91. The Kier molecular flexibility index (Phi) is 7.13. The molecule has 2 aromatic heterocycles. The molecule has 3 aromatic rings. The van der Waals surface area contributed by atoms with Crippen LogP contribution < -0.4 is 10.6 Å². The molecule has 0 unspecified atom stereocenters. The summed E-state index contributed by atoms with van der Waals surface area (Å²) in [6, 6.07) is 5.14. The molecule has 0 atom stereocenters. The number of nitrogens with one attached hydrogen (secondary N) is 2. The van der Waals surface area contributed by atoms with Crippen molar-refractivity contribution in [2.75, 3.05) is 18.5 Å². The van der Waals surface area contributed by atoms with E-state index in [-0.39, 0.29) is 12.3 Å². The van der Waals surface area contributed by atoms with Crippen molar-refractivity contribution < 1.29 is 27.5 Å². The van der Waals surface area contributed by atoms with Gasteiger partial charge in [-0.05, 0) is 37.6 Å². The van der Waals surface area contributed by atoms with Crippen LogP contribution in [0, 0.1) is 0 Å². The van der Waals surface area contributed by atoms with Gasteiger partial charge >= 0.3 is 18.2 Å². The average molecular weight is 450 g/mol. The second kappa shape index (κ2) is 9.98. The van der Waals surface area contributed by atoms with Crippen molar-refractivity contribution >= 4 is 17.7 Å².